The summed E-state index contributed by atoms with van der Waals surface area (Å²) >= 11 is 0. The molecule has 21 heavy (non-hydrogen) atoms. The molecule has 1 heterocycles. The fourth-order valence-corrected chi connectivity index (χ4v) is 2.12. The molecule has 2 aromatic carbocycles. The highest BCUT2D eigenvalue weighted by Gasteiger charge is 2.00. The van der Waals surface area contributed by atoms with Crippen molar-refractivity contribution < 1.29 is 4.74 Å². The molecule has 0 aliphatic rings. The van der Waals surface area contributed by atoms with Crippen LogP contribution in [0.25, 0.3) is 11.1 Å². The van der Waals surface area contributed by atoms with Crippen molar-refractivity contribution in [2.75, 3.05) is 0 Å². The highest BCUT2D eigenvalue weighted by atomic mass is 16.5. The maximum atomic E-state index is 5.79. The van der Waals surface area contributed by atoms with Crippen molar-refractivity contribution >= 4 is 0 Å². The van der Waals surface area contributed by atoms with Gasteiger partial charge in [-0.25, -0.2) is 0 Å². The van der Waals surface area contributed by atoms with Crippen LogP contribution < -0.4 is 4.74 Å². The lowest BCUT2D eigenvalue weighted by Crippen LogP contribution is -1.94. The average Bonchev–Trinajstić information content (AvgIpc) is 2.55. The molecule has 104 valence electrons. The maximum Gasteiger partial charge on any atom is 0.119 e. The summed E-state index contributed by atoms with van der Waals surface area (Å²) in [4.78, 5) is 4.32. The summed E-state index contributed by atoms with van der Waals surface area (Å²) < 4.78 is 5.79. The first-order valence-electron chi connectivity index (χ1n) is 7.01. The van der Waals surface area contributed by atoms with Crippen LogP contribution in [-0.4, -0.2) is 4.98 Å². The van der Waals surface area contributed by atoms with Crippen LogP contribution in [0.3, 0.4) is 0 Å². The van der Waals surface area contributed by atoms with Crippen molar-refractivity contribution in [2.24, 2.45) is 0 Å². The van der Waals surface area contributed by atoms with Gasteiger partial charge in [0.15, 0.2) is 0 Å². The predicted octanol–water partition coefficient (Wildman–Crippen LogP) is 4.64. The molecule has 3 rings (SSSR count). The largest absolute Gasteiger partial charge is 0.489 e. The molecule has 0 bridgehead atoms. The smallest absolute Gasteiger partial charge is 0.119 e. The van der Waals surface area contributed by atoms with Gasteiger partial charge in [-0.3, -0.25) is 4.98 Å². The molecule has 0 unspecified atom stereocenters. The van der Waals surface area contributed by atoms with Gasteiger partial charge in [-0.2, -0.15) is 0 Å². The quantitative estimate of drug-likeness (QED) is 0.692. The first kappa shape index (κ1) is 13.4. The topological polar surface area (TPSA) is 22.1 Å². The van der Waals surface area contributed by atoms with Gasteiger partial charge in [0.25, 0.3) is 0 Å². The Kier molecular flexibility index (Phi) is 3.97. The minimum Gasteiger partial charge on any atom is -0.489 e. The zero-order valence-corrected chi connectivity index (χ0v) is 12.0. The number of pyridine rings is 1. The molecule has 0 aliphatic heterocycles. The molecule has 2 heteroatoms. The van der Waals surface area contributed by atoms with E-state index >= 15 is 0 Å². The van der Waals surface area contributed by atoms with Gasteiger partial charge in [0, 0.05) is 17.5 Å². The predicted molar refractivity (Wildman–Crippen MR) is 85.2 cm³/mol. The third-order valence-electron chi connectivity index (χ3n) is 3.35. The lowest BCUT2D eigenvalue weighted by atomic mass is 10.1. The van der Waals surface area contributed by atoms with E-state index in [9.17, 15) is 0 Å². The zero-order chi connectivity index (χ0) is 14.5. The molecule has 0 saturated carbocycles. The van der Waals surface area contributed by atoms with Crippen molar-refractivity contribution in [1.29, 1.82) is 0 Å². The van der Waals surface area contributed by atoms with E-state index in [4.69, 9.17) is 4.74 Å². The number of aromatic nitrogens is 1. The molecule has 0 N–H and O–H groups in total. The standard InChI is InChI=1S/C19H17NO/c1-15-7-8-18(13-20-15)17-9-11-19(12-10-17)21-14-16-5-3-2-4-6-16/h2-13H,14H2,1H3. The highest BCUT2D eigenvalue weighted by molar-refractivity contribution is 5.63. The third kappa shape index (κ3) is 3.48. The molecular formula is C19H17NO. The second kappa shape index (κ2) is 6.23. The van der Waals surface area contributed by atoms with E-state index in [-0.39, 0.29) is 0 Å². The molecule has 1 aromatic heterocycles. The van der Waals surface area contributed by atoms with E-state index in [0.717, 1.165) is 22.6 Å². The van der Waals surface area contributed by atoms with E-state index in [0.29, 0.717) is 6.61 Å². The number of hydrogen-bond donors (Lipinski definition) is 0. The minimum absolute atomic E-state index is 0.590. The summed E-state index contributed by atoms with van der Waals surface area (Å²) in [7, 11) is 0. The van der Waals surface area contributed by atoms with Gasteiger partial charge in [-0.15, -0.1) is 0 Å². The number of hydrogen-bond acceptors (Lipinski definition) is 2. The minimum atomic E-state index is 0.590. The molecule has 0 spiro atoms. The van der Waals surface area contributed by atoms with Crippen molar-refractivity contribution in [3.05, 3.63) is 84.2 Å². The molecule has 2 nitrogen and oxygen atoms in total. The summed E-state index contributed by atoms with van der Waals surface area (Å²) in [5, 5.41) is 0. The summed E-state index contributed by atoms with van der Waals surface area (Å²) in [6.07, 6.45) is 1.90. The summed E-state index contributed by atoms with van der Waals surface area (Å²) in [5.74, 6) is 0.877. The van der Waals surface area contributed by atoms with E-state index in [1.165, 1.54) is 5.56 Å². The summed E-state index contributed by atoms with van der Waals surface area (Å²) in [6.45, 7) is 2.58. The number of ether oxygens (including phenoxy) is 1. The van der Waals surface area contributed by atoms with Crippen molar-refractivity contribution in [1.82, 2.24) is 4.98 Å². The van der Waals surface area contributed by atoms with Crippen molar-refractivity contribution in [3.63, 3.8) is 0 Å². The van der Waals surface area contributed by atoms with Crippen molar-refractivity contribution in [2.45, 2.75) is 13.5 Å². The van der Waals surface area contributed by atoms with Crippen molar-refractivity contribution in [3.8, 4) is 16.9 Å². The van der Waals surface area contributed by atoms with Gasteiger partial charge in [-0.05, 0) is 36.2 Å². The maximum absolute atomic E-state index is 5.79. The normalized spacial score (nSPS) is 10.3. The van der Waals surface area contributed by atoms with Crippen LogP contribution in [0.4, 0.5) is 0 Å². The van der Waals surface area contributed by atoms with Crippen LogP contribution in [0, 0.1) is 6.92 Å². The molecule has 0 fully saturated rings. The Bertz CT molecular complexity index is 688. The fraction of sp³-hybridized carbons (Fsp3) is 0.105. The van der Waals surface area contributed by atoms with Gasteiger partial charge in [0.1, 0.15) is 12.4 Å². The van der Waals surface area contributed by atoms with Crippen LogP contribution in [0.5, 0.6) is 5.75 Å². The van der Waals surface area contributed by atoms with Crippen LogP contribution >= 0.6 is 0 Å². The van der Waals surface area contributed by atoms with Crippen LogP contribution in [0.1, 0.15) is 11.3 Å². The third-order valence-corrected chi connectivity index (χ3v) is 3.35. The zero-order valence-electron chi connectivity index (χ0n) is 12.0. The first-order chi connectivity index (χ1) is 10.3. The lowest BCUT2D eigenvalue weighted by molar-refractivity contribution is 0.306. The van der Waals surface area contributed by atoms with E-state index < -0.39 is 0 Å². The molecule has 0 saturated heterocycles. The number of nitrogens with zero attached hydrogens (tertiary/aromatic N) is 1. The monoisotopic (exact) mass is 275 g/mol. The SMILES string of the molecule is Cc1ccc(-c2ccc(OCc3ccccc3)cc2)cn1. The fourth-order valence-electron chi connectivity index (χ4n) is 2.12. The average molecular weight is 275 g/mol. The molecular weight excluding hydrogens is 258 g/mol. The van der Waals surface area contributed by atoms with Crippen LogP contribution in [-0.2, 0) is 6.61 Å². The molecule has 0 atom stereocenters. The second-order valence-corrected chi connectivity index (χ2v) is 4.99. The Balaban J connectivity index is 1.68. The molecule has 0 aliphatic carbocycles. The Morgan fingerprint density at radius 3 is 2.19 bits per heavy atom. The number of rotatable bonds is 4. The van der Waals surface area contributed by atoms with Gasteiger partial charge in [-0.1, -0.05) is 48.5 Å². The highest BCUT2D eigenvalue weighted by Crippen LogP contribution is 2.22. The Morgan fingerprint density at radius 2 is 1.52 bits per heavy atom. The van der Waals surface area contributed by atoms with Gasteiger partial charge in [0.05, 0.1) is 0 Å². The van der Waals surface area contributed by atoms with Gasteiger partial charge < -0.3 is 4.74 Å². The van der Waals surface area contributed by atoms with E-state index in [2.05, 4.69) is 35.3 Å². The van der Waals surface area contributed by atoms with Crippen LogP contribution in [0.15, 0.2) is 72.9 Å². The van der Waals surface area contributed by atoms with E-state index in [1.54, 1.807) is 0 Å². The number of benzene rings is 2. The summed E-state index contributed by atoms with van der Waals surface area (Å²) in [6, 6.07) is 22.4. The molecule has 0 radical (unpaired) electrons. The Hall–Kier alpha value is -2.61. The number of aryl methyl sites for hydroxylation is 1. The summed E-state index contributed by atoms with van der Waals surface area (Å²) in [5.41, 5.74) is 4.47. The van der Waals surface area contributed by atoms with Gasteiger partial charge in [0.2, 0.25) is 0 Å². The second-order valence-electron chi connectivity index (χ2n) is 4.99. The lowest BCUT2D eigenvalue weighted by Gasteiger charge is -2.07. The van der Waals surface area contributed by atoms with E-state index in [1.807, 2.05) is 49.5 Å². The van der Waals surface area contributed by atoms with Crippen LogP contribution in [0.2, 0.25) is 0 Å². The molecule has 3 aromatic rings. The van der Waals surface area contributed by atoms with Gasteiger partial charge >= 0.3 is 0 Å². The Morgan fingerprint density at radius 1 is 0.810 bits per heavy atom. The molecule has 0 amide bonds. The first-order valence-corrected chi connectivity index (χ1v) is 7.01. The Labute approximate surface area is 125 Å².